The lowest BCUT2D eigenvalue weighted by Gasteiger charge is -2.22. The summed E-state index contributed by atoms with van der Waals surface area (Å²) in [5, 5.41) is 3.54. The molecule has 1 unspecified atom stereocenters. The molecule has 0 spiro atoms. The average Bonchev–Trinajstić information content (AvgIpc) is 2.99. The third kappa shape index (κ3) is 2.48. The van der Waals surface area contributed by atoms with Crippen LogP contribution in [0.1, 0.15) is 30.8 Å². The summed E-state index contributed by atoms with van der Waals surface area (Å²) in [6.07, 6.45) is 6.69. The van der Waals surface area contributed by atoms with Crippen LogP contribution in [0.4, 0.5) is 0 Å². The van der Waals surface area contributed by atoms with Crippen LogP contribution in [0.15, 0.2) is 22.7 Å². The van der Waals surface area contributed by atoms with Crippen LogP contribution in [0.5, 0.6) is 0 Å². The summed E-state index contributed by atoms with van der Waals surface area (Å²) in [5.74, 6) is 2.83. The molecule has 0 amide bonds. The van der Waals surface area contributed by atoms with E-state index in [2.05, 4.69) is 15.3 Å². The van der Waals surface area contributed by atoms with E-state index in [0.29, 0.717) is 6.04 Å². The van der Waals surface area contributed by atoms with Gasteiger partial charge in [-0.15, -0.1) is 0 Å². The van der Waals surface area contributed by atoms with Crippen molar-refractivity contribution >= 4 is 0 Å². The topological polar surface area (TPSA) is 53.9 Å². The van der Waals surface area contributed by atoms with Gasteiger partial charge in [0.25, 0.3) is 0 Å². The highest BCUT2D eigenvalue weighted by molar-refractivity contribution is 5.51. The molecule has 0 saturated carbocycles. The monoisotopic (exact) mass is 245 g/mol. The maximum atomic E-state index is 5.59. The third-order valence-electron chi connectivity index (χ3n) is 3.49. The van der Waals surface area contributed by atoms with Gasteiger partial charge in [-0.25, -0.2) is 4.98 Å². The van der Waals surface area contributed by atoms with Crippen molar-refractivity contribution in [2.45, 2.75) is 38.6 Å². The van der Waals surface area contributed by atoms with E-state index >= 15 is 0 Å². The zero-order chi connectivity index (χ0) is 12.4. The lowest BCUT2D eigenvalue weighted by atomic mass is 10.0. The van der Waals surface area contributed by atoms with Crippen LogP contribution in [-0.2, 0) is 6.42 Å². The summed E-state index contributed by atoms with van der Waals surface area (Å²) in [6, 6.07) is 4.51. The van der Waals surface area contributed by atoms with Gasteiger partial charge in [0.1, 0.15) is 17.3 Å². The zero-order valence-electron chi connectivity index (χ0n) is 10.7. The van der Waals surface area contributed by atoms with Crippen molar-refractivity contribution in [1.82, 2.24) is 15.3 Å². The van der Waals surface area contributed by atoms with Gasteiger partial charge in [-0.05, 0) is 38.4 Å². The van der Waals surface area contributed by atoms with Gasteiger partial charge in [0.2, 0.25) is 0 Å². The number of H-pyrrole nitrogens is 1. The molecule has 0 aliphatic carbocycles. The maximum absolute atomic E-state index is 5.59. The second-order valence-corrected chi connectivity index (χ2v) is 5.00. The van der Waals surface area contributed by atoms with Gasteiger partial charge in [-0.1, -0.05) is 6.42 Å². The van der Waals surface area contributed by atoms with E-state index in [1.807, 2.05) is 25.3 Å². The normalized spacial score (nSPS) is 20.2. The van der Waals surface area contributed by atoms with E-state index in [-0.39, 0.29) is 0 Å². The lowest BCUT2D eigenvalue weighted by Crippen LogP contribution is -2.35. The number of piperidine rings is 1. The third-order valence-corrected chi connectivity index (χ3v) is 3.49. The van der Waals surface area contributed by atoms with Crippen molar-refractivity contribution in [3.8, 4) is 11.5 Å². The van der Waals surface area contributed by atoms with Gasteiger partial charge >= 0.3 is 0 Å². The molecule has 2 N–H and O–H groups in total. The van der Waals surface area contributed by atoms with Crippen molar-refractivity contribution in [1.29, 1.82) is 0 Å². The number of nitrogens with one attached hydrogen (secondary N) is 2. The fraction of sp³-hybridized carbons (Fsp3) is 0.500. The zero-order valence-corrected chi connectivity index (χ0v) is 10.7. The standard InChI is InChI=1S/C14H19N3O/c1-10-5-6-13(18-10)12-9-16-14(17-12)8-11-4-2-3-7-15-11/h5-6,9,11,15H,2-4,7-8H2,1H3,(H,16,17). The molecule has 2 aromatic heterocycles. The van der Waals surface area contributed by atoms with Crippen LogP contribution in [0, 0.1) is 6.92 Å². The first-order valence-corrected chi connectivity index (χ1v) is 6.65. The molecule has 1 aliphatic heterocycles. The Morgan fingerprint density at radius 2 is 2.33 bits per heavy atom. The molecule has 1 atom stereocenters. The molecule has 0 aromatic carbocycles. The van der Waals surface area contributed by atoms with Crippen molar-refractivity contribution in [3.63, 3.8) is 0 Å². The molecule has 1 saturated heterocycles. The molecule has 2 aromatic rings. The lowest BCUT2D eigenvalue weighted by molar-refractivity contribution is 0.395. The maximum Gasteiger partial charge on any atom is 0.152 e. The Morgan fingerprint density at radius 1 is 1.39 bits per heavy atom. The van der Waals surface area contributed by atoms with Gasteiger partial charge in [0.05, 0.1) is 6.20 Å². The predicted octanol–water partition coefficient (Wildman–Crippen LogP) is 2.66. The molecule has 3 heterocycles. The second-order valence-electron chi connectivity index (χ2n) is 5.00. The van der Waals surface area contributed by atoms with E-state index in [1.165, 1.54) is 19.3 Å². The van der Waals surface area contributed by atoms with Gasteiger partial charge in [0.15, 0.2) is 5.76 Å². The minimum Gasteiger partial charge on any atom is -0.460 e. The molecule has 18 heavy (non-hydrogen) atoms. The summed E-state index contributed by atoms with van der Waals surface area (Å²) in [7, 11) is 0. The predicted molar refractivity (Wildman–Crippen MR) is 70.4 cm³/mol. The molecule has 1 aliphatic rings. The summed E-state index contributed by atoms with van der Waals surface area (Å²) < 4.78 is 5.59. The van der Waals surface area contributed by atoms with E-state index in [4.69, 9.17) is 4.42 Å². The van der Waals surface area contributed by atoms with Crippen molar-refractivity contribution in [2.75, 3.05) is 6.54 Å². The minimum absolute atomic E-state index is 0.566. The Bertz CT molecular complexity index is 509. The number of aromatic nitrogens is 2. The number of imidazole rings is 1. The minimum atomic E-state index is 0.566. The number of rotatable bonds is 3. The fourth-order valence-corrected chi connectivity index (χ4v) is 2.50. The second kappa shape index (κ2) is 4.98. The van der Waals surface area contributed by atoms with E-state index in [1.54, 1.807) is 0 Å². The van der Waals surface area contributed by atoms with Crippen molar-refractivity contribution in [2.24, 2.45) is 0 Å². The summed E-state index contributed by atoms with van der Waals surface area (Å²) in [4.78, 5) is 7.79. The van der Waals surface area contributed by atoms with Gasteiger partial charge in [0, 0.05) is 12.5 Å². The SMILES string of the molecule is Cc1ccc(-c2cnc(CC3CCCCN3)[nH]2)o1. The summed E-state index contributed by atoms with van der Waals surface area (Å²) >= 11 is 0. The smallest absolute Gasteiger partial charge is 0.152 e. The molecule has 3 rings (SSSR count). The van der Waals surface area contributed by atoms with Gasteiger partial charge in [-0.3, -0.25) is 0 Å². The molecular formula is C14H19N3O. The molecule has 4 nitrogen and oxygen atoms in total. The van der Waals surface area contributed by atoms with Crippen LogP contribution < -0.4 is 5.32 Å². The van der Waals surface area contributed by atoms with Crippen molar-refractivity contribution < 1.29 is 4.42 Å². The Hall–Kier alpha value is -1.55. The van der Waals surface area contributed by atoms with Gasteiger partial charge in [-0.2, -0.15) is 0 Å². The number of aryl methyl sites for hydroxylation is 1. The Balaban J connectivity index is 1.69. The van der Waals surface area contributed by atoms with Crippen LogP contribution in [0.25, 0.3) is 11.5 Å². The first-order valence-electron chi connectivity index (χ1n) is 6.65. The number of hydrogen-bond acceptors (Lipinski definition) is 3. The van der Waals surface area contributed by atoms with Crippen LogP contribution in [-0.4, -0.2) is 22.6 Å². The first-order chi connectivity index (χ1) is 8.81. The molecule has 0 radical (unpaired) electrons. The largest absolute Gasteiger partial charge is 0.460 e. The average molecular weight is 245 g/mol. The van der Waals surface area contributed by atoms with Crippen LogP contribution in [0.3, 0.4) is 0 Å². The summed E-state index contributed by atoms with van der Waals surface area (Å²) in [6.45, 7) is 3.09. The van der Waals surface area contributed by atoms with Crippen LogP contribution in [0.2, 0.25) is 0 Å². The van der Waals surface area contributed by atoms with E-state index < -0.39 is 0 Å². The van der Waals surface area contributed by atoms with E-state index in [0.717, 1.165) is 36.0 Å². The summed E-state index contributed by atoms with van der Waals surface area (Å²) in [5.41, 5.74) is 0.967. The van der Waals surface area contributed by atoms with E-state index in [9.17, 15) is 0 Å². The molecule has 0 bridgehead atoms. The molecule has 96 valence electrons. The highest BCUT2D eigenvalue weighted by Crippen LogP contribution is 2.20. The Labute approximate surface area is 107 Å². The van der Waals surface area contributed by atoms with Gasteiger partial charge < -0.3 is 14.7 Å². The molecule has 4 heteroatoms. The number of hydrogen-bond donors (Lipinski definition) is 2. The number of aromatic amines is 1. The quantitative estimate of drug-likeness (QED) is 0.874. The molecular weight excluding hydrogens is 226 g/mol. The van der Waals surface area contributed by atoms with Crippen LogP contribution >= 0.6 is 0 Å². The number of furan rings is 1. The highest BCUT2D eigenvalue weighted by atomic mass is 16.3. The van der Waals surface area contributed by atoms with Crippen molar-refractivity contribution in [3.05, 3.63) is 29.9 Å². The molecule has 1 fully saturated rings. The highest BCUT2D eigenvalue weighted by Gasteiger charge is 2.15. The Morgan fingerprint density at radius 3 is 3.06 bits per heavy atom. The first kappa shape index (κ1) is 11.5. The fourth-order valence-electron chi connectivity index (χ4n) is 2.50. The Kier molecular flexibility index (Phi) is 3.19. The number of nitrogens with zero attached hydrogens (tertiary/aromatic N) is 1.